The fraction of sp³-hybridized carbons (Fsp3) is 0.308. The number of ketones is 1. The Morgan fingerprint density at radius 3 is 2.41 bits per heavy atom. The third kappa shape index (κ3) is 5.55. The molecule has 0 saturated carbocycles. The van der Waals surface area contributed by atoms with Crippen LogP contribution in [0.2, 0.25) is 0 Å². The van der Waals surface area contributed by atoms with Gasteiger partial charge >= 0.3 is 6.18 Å². The maximum Gasteiger partial charge on any atom is 0.451 e. The molecule has 0 N–H and O–H groups in total. The normalized spacial score (nSPS) is 20.1. The standard InChI is InChI=1S/C26H20F6N4O4S/c1-13-19(28)9-20(36(13)41(38,39)23-8-15-7-18(27)3-5-22(15)40-23)21(37)4-2-14-6-16(10-33-24(14)29)17-11-34-25(35-12-17)26(30,31)32/h3,5-8,10-13,19-20H,2,4,9H2,1H3/t13-,19+,20-/m0/s1. The molecule has 0 aliphatic carbocycles. The minimum atomic E-state index is -4.74. The Labute approximate surface area is 229 Å². The number of Topliss-reactive ketones (excluding diaryl/α,β-unsaturated/α-hetero) is 1. The maximum absolute atomic E-state index is 14.8. The Bertz CT molecular complexity index is 1730. The SMILES string of the molecule is C[C@H]1[C@H](F)C[C@@H](C(=O)CCc2cc(-c3cnc(C(F)(F)F)nc3)cnc2F)N1S(=O)(=O)c1cc2cc(F)ccc2o1. The van der Waals surface area contributed by atoms with Crippen molar-refractivity contribution in [3.05, 3.63) is 72.1 Å². The number of hydrogen-bond acceptors (Lipinski definition) is 7. The molecule has 0 spiro atoms. The smallest absolute Gasteiger partial charge is 0.443 e. The van der Waals surface area contributed by atoms with E-state index in [0.717, 1.165) is 41.1 Å². The maximum atomic E-state index is 14.8. The summed E-state index contributed by atoms with van der Waals surface area (Å²) >= 11 is 0. The van der Waals surface area contributed by atoms with Crippen molar-refractivity contribution in [3.8, 4) is 11.1 Å². The molecule has 1 aliphatic heterocycles. The van der Waals surface area contributed by atoms with Crippen LogP contribution in [0.5, 0.6) is 0 Å². The summed E-state index contributed by atoms with van der Waals surface area (Å²) in [5.41, 5.74) is 0.308. The molecule has 216 valence electrons. The highest BCUT2D eigenvalue weighted by atomic mass is 32.2. The predicted molar refractivity (Wildman–Crippen MR) is 132 cm³/mol. The fourth-order valence-corrected chi connectivity index (χ4v) is 6.50. The summed E-state index contributed by atoms with van der Waals surface area (Å²) < 4.78 is 114. The van der Waals surface area contributed by atoms with E-state index in [1.165, 1.54) is 19.1 Å². The van der Waals surface area contributed by atoms with Crippen molar-refractivity contribution in [2.75, 3.05) is 0 Å². The Hall–Kier alpha value is -3.85. The largest absolute Gasteiger partial charge is 0.451 e. The number of aromatic nitrogens is 3. The molecule has 4 heterocycles. The summed E-state index contributed by atoms with van der Waals surface area (Å²) in [6, 6.07) is 3.10. The van der Waals surface area contributed by atoms with Gasteiger partial charge in [-0.25, -0.2) is 32.2 Å². The van der Waals surface area contributed by atoms with Gasteiger partial charge in [-0.1, -0.05) is 0 Å². The summed E-state index contributed by atoms with van der Waals surface area (Å²) in [6.07, 6.45) is -4.65. The summed E-state index contributed by atoms with van der Waals surface area (Å²) in [6.45, 7) is 1.30. The lowest BCUT2D eigenvalue weighted by atomic mass is 10.0. The first kappa shape index (κ1) is 28.7. The van der Waals surface area contributed by atoms with Gasteiger partial charge < -0.3 is 4.42 Å². The zero-order chi connectivity index (χ0) is 29.7. The number of furan rings is 1. The zero-order valence-corrected chi connectivity index (χ0v) is 21.9. The summed E-state index contributed by atoms with van der Waals surface area (Å²) in [4.78, 5) is 23.3. The molecule has 0 bridgehead atoms. The van der Waals surface area contributed by atoms with Gasteiger partial charge in [-0.3, -0.25) is 4.79 Å². The van der Waals surface area contributed by atoms with Crippen molar-refractivity contribution in [2.24, 2.45) is 0 Å². The lowest BCUT2D eigenvalue weighted by molar-refractivity contribution is -0.145. The van der Waals surface area contributed by atoms with Gasteiger partial charge in [0.15, 0.2) is 5.78 Å². The molecule has 0 radical (unpaired) electrons. The number of aryl methyl sites for hydroxylation is 1. The second kappa shape index (κ2) is 10.5. The molecular formula is C26H20F6N4O4S. The molecule has 0 amide bonds. The fourth-order valence-electron chi connectivity index (χ4n) is 4.71. The summed E-state index contributed by atoms with van der Waals surface area (Å²) in [7, 11) is -4.53. The van der Waals surface area contributed by atoms with Gasteiger partial charge in [-0.05, 0) is 37.6 Å². The molecule has 5 rings (SSSR count). The van der Waals surface area contributed by atoms with Crippen molar-refractivity contribution < 1.29 is 44.0 Å². The predicted octanol–water partition coefficient (Wildman–Crippen LogP) is 5.27. The molecule has 1 saturated heterocycles. The van der Waals surface area contributed by atoms with Crippen LogP contribution in [-0.2, 0) is 27.4 Å². The number of fused-ring (bicyclic) bond motifs is 1. The number of hydrogen-bond donors (Lipinski definition) is 0. The third-order valence-corrected chi connectivity index (χ3v) is 8.68. The van der Waals surface area contributed by atoms with Crippen molar-refractivity contribution in [1.82, 2.24) is 19.3 Å². The highest BCUT2D eigenvalue weighted by Crippen LogP contribution is 2.36. The molecule has 15 heteroatoms. The molecule has 3 atom stereocenters. The Balaban J connectivity index is 1.36. The van der Waals surface area contributed by atoms with Gasteiger partial charge in [0.2, 0.25) is 16.9 Å². The van der Waals surface area contributed by atoms with Crippen molar-refractivity contribution in [3.63, 3.8) is 0 Å². The van der Waals surface area contributed by atoms with E-state index in [1.54, 1.807) is 0 Å². The topological polar surface area (TPSA) is 106 Å². The molecule has 3 aromatic heterocycles. The van der Waals surface area contributed by atoms with Gasteiger partial charge in [0, 0.05) is 59.6 Å². The van der Waals surface area contributed by atoms with Crippen molar-refractivity contribution in [2.45, 2.75) is 55.7 Å². The number of alkyl halides is 4. The number of rotatable bonds is 7. The highest BCUT2D eigenvalue weighted by molar-refractivity contribution is 7.89. The second-order valence-corrected chi connectivity index (χ2v) is 11.3. The molecule has 0 unspecified atom stereocenters. The van der Waals surface area contributed by atoms with Crippen molar-refractivity contribution in [1.29, 1.82) is 0 Å². The minimum Gasteiger partial charge on any atom is -0.443 e. The van der Waals surface area contributed by atoms with Gasteiger partial charge in [0.25, 0.3) is 10.0 Å². The highest BCUT2D eigenvalue weighted by Gasteiger charge is 2.49. The first-order chi connectivity index (χ1) is 19.3. The first-order valence-corrected chi connectivity index (χ1v) is 13.6. The van der Waals surface area contributed by atoms with E-state index in [4.69, 9.17) is 4.42 Å². The van der Waals surface area contributed by atoms with Gasteiger partial charge in [0.05, 0.1) is 12.1 Å². The second-order valence-electron chi connectivity index (χ2n) is 9.52. The van der Waals surface area contributed by atoms with Crippen molar-refractivity contribution >= 4 is 26.8 Å². The Morgan fingerprint density at radius 2 is 1.73 bits per heavy atom. The molecular weight excluding hydrogens is 578 g/mol. The van der Waals surface area contributed by atoms with Gasteiger partial charge in [-0.15, -0.1) is 0 Å². The number of halogens is 6. The van der Waals surface area contributed by atoms with E-state index in [0.29, 0.717) is 0 Å². The molecule has 1 aliphatic rings. The van der Waals surface area contributed by atoms with Crippen LogP contribution < -0.4 is 0 Å². The Kier molecular flexibility index (Phi) is 7.36. The van der Waals surface area contributed by atoms with Crippen LogP contribution in [0.3, 0.4) is 0 Å². The lowest BCUT2D eigenvalue weighted by Crippen LogP contribution is -2.44. The molecule has 41 heavy (non-hydrogen) atoms. The van der Waals surface area contributed by atoms with E-state index in [1.807, 2.05) is 0 Å². The molecule has 1 aromatic carbocycles. The average molecular weight is 599 g/mol. The van der Waals surface area contributed by atoms with Crippen LogP contribution in [0, 0.1) is 11.8 Å². The van der Waals surface area contributed by atoms with E-state index >= 15 is 0 Å². The third-order valence-electron chi connectivity index (χ3n) is 6.83. The minimum absolute atomic E-state index is 0.0766. The number of carbonyl (C=O) groups is 1. The first-order valence-electron chi connectivity index (χ1n) is 12.2. The zero-order valence-electron chi connectivity index (χ0n) is 21.1. The molecule has 8 nitrogen and oxygen atoms in total. The van der Waals surface area contributed by atoms with Crippen LogP contribution in [-0.4, -0.2) is 51.7 Å². The lowest BCUT2D eigenvalue weighted by Gasteiger charge is -2.25. The van der Waals surface area contributed by atoms with Crippen LogP contribution >= 0.6 is 0 Å². The quantitative estimate of drug-likeness (QED) is 0.211. The Morgan fingerprint density at radius 1 is 1.05 bits per heavy atom. The number of nitrogens with zero attached hydrogens (tertiary/aromatic N) is 4. The van der Waals surface area contributed by atoms with E-state index in [2.05, 4.69) is 15.0 Å². The van der Waals surface area contributed by atoms with Crippen LogP contribution in [0.25, 0.3) is 22.1 Å². The monoisotopic (exact) mass is 598 g/mol. The van der Waals surface area contributed by atoms with Crippen LogP contribution in [0.4, 0.5) is 26.3 Å². The van der Waals surface area contributed by atoms with Crippen LogP contribution in [0.15, 0.2) is 58.4 Å². The van der Waals surface area contributed by atoms with E-state index < -0.39 is 75.8 Å². The van der Waals surface area contributed by atoms with Gasteiger partial charge in [0.1, 0.15) is 17.6 Å². The number of carbonyl (C=O) groups excluding carboxylic acids is 1. The summed E-state index contributed by atoms with van der Waals surface area (Å²) in [5.74, 6) is -3.61. The number of sulfonamides is 1. The molecule has 1 fully saturated rings. The average Bonchev–Trinajstić information content (AvgIpc) is 3.48. The summed E-state index contributed by atoms with van der Waals surface area (Å²) in [5, 5.41) is -0.421. The number of benzene rings is 1. The van der Waals surface area contributed by atoms with E-state index in [-0.39, 0.29) is 34.1 Å². The van der Waals surface area contributed by atoms with Gasteiger partial charge in [-0.2, -0.15) is 21.9 Å². The van der Waals surface area contributed by atoms with Crippen LogP contribution in [0.1, 0.15) is 31.2 Å². The molecule has 4 aromatic rings. The van der Waals surface area contributed by atoms with E-state index in [9.17, 15) is 39.6 Å². The number of pyridine rings is 1.